The molecule has 2 aliphatic rings. The zero-order chi connectivity index (χ0) is 32.8. The monoisotopic (exact) mass is 723 g/mol. The molecule has 1 saturated carbocycles. The minimum atomic E-state index is -4.61. The van der Waals surface area contributed by atoms with Gasteiger partial charge in [0.15, 0.2) is 0 Å². The molecule has 1 aromatic heterocycles. The highest BCUT2D eigenvalue weighted by atomic mass is 79.9. The number of esters is 1. The molecule has 0 amide bonds. The topological polar surface area (TPSA) is 158 Å². The molecule has 1 saturated heterocycles. The fourth-order valence-electron chi connectivity index (χ4n) is 5.08. The summed E-state index contributed by atoms with van der Waals surface area (Å²) in [6.45, 7) is 1.51. The number of rotatable bonds is 13. The largest absolute Gasteiger partial charge is 0.464 e. The number of aliphatic hydroxyl groups excluding tert-OH is 1. The first-order chi connectivity index (χ1) is 21.3. The van der Waals surface area contributed by atoms with Crippen molar-refractivity contribution in [3.8, 4) is 5.75 Å². The number of halogens is 4. The number of benzene rings is 1. The maximum atomic E-state index is 14.3. The van der Waals surface area contributed by atoms with Gasteiger partial charge in [0.25, 0.3) is 5.56 Å². The number of aliphatic hydroxyl groups is 1. The second-order valence-corrected chi connectivity index (χ2v) is 13.0. The molecule has 2 fully saturated rings. The summed E-state index contributed by atoms with van der Waals surface area (Å²) in [6, 6.07) is 3.44. The maximum Gasteiger partial charge on any atom is 0.459 e. The number of ether oxygens (including phenoxy) is 2. The van der Waals surface area contributed by atoms with Gasteiger partial charge in [-0.25, -0.2) is 9.36 Å². The van der Waals surface area contributed by atoms with Crippen LogP contribution in [0.2, 0.25) is 0 Å². The van der Waals surface area contributed by atoms with E-state index in [1.165, 1.54) is 17.3 Å². The minimum Gasteiger partial charge on any atom is -0.464 e. The van der Waals surface area contributed by atoms with Crippen LogP contribution in [-0.2, 0) is 29.5 Å². The summed E-state index contributed by atoms with van der Waals surface area (Å²) in [5, 5.41) is 13.4. The normalized spacial score (nSPS) is 22.8. The van der Waals surface area contributed by atoms with Crippen LogP contribution in [0.5, 0.6) is 5.75 Å². The first-order valence-corrected chi connectivity index (χ1v) is 16.8. The molecule has 2 aromatic rings. The Morgan fingerprint density at radius 2 is 1.96 bits per heavy atom. The molecular weight excluding hydrogens is 690 g/mol. The molecule has 1 aliphatic carbocycles. The van der Waals surface area contributed by atoms with Crippen LogP contribution in [-0.4, -0.2) is 51.6 Å². The smallest absolute Gasteiger partial charge is 0.459 e. The van der Waals surface area contributed by atoms with Gasteiger partial charge >= 0.3 is 25.6 Å². The van der Waals surface area contributed by atoms with Crippen molar-refractivity contribution in [2.24, 2.45) is 0 Å². The van der Waals surface area contributed by atoms with E-state index in [9.17, 15) is 37.2 Å². The number of carbonyl (C=O) groups is 1. The molecule has 4 atom stereocenters. The van der Waals surface area contributed by atoms with Gasteiger partial charge in [-0.1, -0.05) is 42.1 Å². The number of alkyl halides is 3. The van der Waals surface area contributed by atoms with Crippen LogP contribution in [0, 0.1) is 0 Å². The lowest BCUT2D eigenvalue weighted by atomic mass is 10.00. The standard InChI is InChI=1S/C28H34BrF3N3O9P/c1-2-3-14-41-25(38)27(11-4-5-12-27)34-45(40,44-20-8-6-19(7-9-20)28(30,31)32)42-17-22-21(36)15-23(43-22)35-16-18(10-13-29)24(37)33-26(35)39/h6-10,13,16,21-23,36H,2-5,11-12,14-15,17H2,1H3,(H,34,40)(H,33,37,39)/b13-10+/t21?,22-,23-,45?/m1/s1. The maximum absolute atomic E-state index is 14.3. The predicted molar refractivity (Wildman–Crippen MR) is 160 cm³/mol. The van der Waals surface area contributed by atoms with Crippen molar-refractivity contribution in [1.29, 1.82) is 0 Å². The molecule has 45 heavy (non-hydrogen) atoms. The molecule has 2 unspecified atom stereocenters. The summed E-state index contributed by atoms with van der Waals surface area (Å²) in [4.78, 5) is 41.3. The van der Waals surface area contributed by atoms with Gasteiger partial charge in [0.2, 0.25) is 0 Å². The van der Waals surface area contributed by atoms with Crippen molar-refractivity contribution >= 4 is 35.7 Å². The number of nitrogens with one attached hydrogen (secondary N) is 2. The van der Waals surface area contributed by atoms with Crippen LogP contribution in [0.4, 0.5) is 13.2 Å². The van der Waals surface area contributed by atoms with Gasteiger partial charge in [0, 0.05) is 12.6 Å². The van der Waals surface area contributed by atoms with Gasteiger partial charge in [-0.3, -0.25) is 23.7 Å². The highest BCUT2D eigenvalue weighted by Gasteiger charge is 2.50. The van der Waals surface area contributed by atoms with E-state index in [-0.39, 0.29) is 37.2 Å². The summed E-state index contributed by atoms with van der Waals surface area (Å²) in [6.07, 6.45) is -2.36. The third-order valence-corrected chi connectivity index (χ3v) is 9.40. The van der Waals surface area contributed by atoms with E-state index in [4.69, 9.17) is 18.5 Å². The Hall–Kier alpha value is -2.75. The van der Waals surface area contributed by atoms with Crippen LogP contribution in [0.25, 0.3) is 6.08 Å². The fraction of sp³-hybridized carbons (Fsp3) is 0.536. The van der Waals surface area contributed by atoms with E-state index in [0.717, 1.165) is 35.3 Å². The second-order valence-electron chi connectivity index (χ2n) is 10.8. The molecule has 4 rings (SSSR count). The Morgan fingerprint density at radius 3 is 2.58 bits per heavy atom. The van der Waals surface area contributed by atoms with E-state index in [2.05, 4.69) is 26.0 Å². The lowest BCUT2D eigenvalue weighted by Gasteiger charge is -2.32. The Bertz CT molecular complexity index is 1520. The average Bonchev–Trinajstić information content (AvgIpc) is 3.60. The average molecular weight is 724 g/mol. The zero-order valence-corrected chi connectivity index (χ0v) is 26.7. The molecule has 1 aliphatic heterocycles. The molecule has 1 aromatic carbocycles. The Kier molecular flexibility index (Phi) is 11.5. The lowest BCUT2D eigenvalue weighted by molar-refractivity contribution is -0.151. The first-order valence-electron chi connectivity index (χ1n) is 14.3. The number of aromatic amines is 1. The highest BCUT2D eigenvalue weighted by molar-refractivity contribution is 9.11. The van der Waals surface area contributed by atoms with Crippen molar-refractivity contribution in [2.45, 2.75) is 82.0 Å². The van der Waals surface area contributed by atoms with Crippen LogP contribution in [0.1, 0.15) is 69.2 Å². The van der Waals surface area contributed by atoms with Gasteiger partial charge < -0.3 is 19.1 Å². The molecule has 0 bridgehead atoms. The summed E-state index contributed by atoms with van der Waals surface area (Å²) in [5.74, 6) is -0.888. The van der Waals surface area contributed by atoms with Gasteiger partial charge in [-0.2, -0.15) is 18.3 Å². The van der Waals surface area contributed by atoms with Crippen LogP contribution in [0.15, 0.2) is 45.0 Å². The Labute approximate surface area is 264 Å². The predicted octanol–water partition coefficient (Wildman–Crippen LogP) is 5.02. The molecule has 2 heterocycles. The summed E-state index contributed by atoms with van der Waals surface area (Å²) in [7, 11) is -4.56. The number of unbranched alkanes of at least 4 members (excludes halogenated alkanes) is 1. The van der Waals surface area contributed by atoms with Gasteiger partial charge in [-0.05, 0) is 54.6 Å². The van der Waals surface area contributed by atoms with E-state index in [1.54, 1.807) is 0 Å². The third-order valence-electron chi connectivity index (χ3n) is 7.50. The molecule has 3 N–H and O–H groups in total. The van der Waals surface area contributed by atoms with E-state index >= 15 is 0 Å². The molecular formula is C28H34BrF3N3O9P. The number of carbonyl (C=O) groups excluding carboxylic acids is 1. The van der Waals surface area contributed by atoms with Crippen molar-refractivity contribution in [3.63, 3.8) is 0 Å². The van der Waals surface area contributed by atoms with E-state index in [0.29, 0.717) is 19.3 Å². The number of hydrogen-bond donors (Lipinski definition) is 3. The zero-order valence-electron chi connectivity index (χ0n) is 24.3. The minimum absolute atomic E-state index is 0.0946. The van der Waals surface area contributed by atoms with Crippen molar-refractivity contribution < 1.29 is 46.2 Å². The van der Waals surface area contributed by atoms with Gasteiger partial charge in [0.1, 0.15) is 23.6 Å². The van der Waals surface area contributed by atoms with Crippen molar-refractivity contribution in [2.75, 3.05) is 13.2 Å². The molecule has 248 valence electrons. The number of nitrogens with zero attached hydrogens (tertiary/aromatic N) is 1. The van der Waals surface area contributed by atoms with E-state index < -0.39 is 67.3 Å². The van der Waals surface area contributed by atoms with E-state index in [1.807, 2.05) is 6.92 Å². The number of H-pyrrole nitrogens is 1. The molecule has 0 spiro atoms. The van der Waals surface area contributed by atoms with Crippen LogP contribution in [0.3, 0.4) is 0 Å². The van der Waals surface area contributed by atoms with Gasteiger partial charge in [-0.15, -0.1) is 0 Å². The summed E-state index contributed by atoms with van der Waals surface area (Å²) < 4.78 is 77.3. The molecule has 0 radical (unpaired) electrons. The first kappa shape index (κ1) is 35.1. The summed E-state index contributed by atoms with van der Waals surface area (Å²) in [5.41, 5.74) is -3.68. The molecule has 12 nitrogen and oxygen atoms in total. The number of aromatic nitrogens is 2. The second kappa shape index (κ2) is 14.8. The molecule has 17 heteroatoms. The van der Waals surface area contributed by atoms with Crippen LogP contribution >= 0.6 is 23.7 Å². The SMILES string of the molecule is CCCCOC(=O)C1(NP(=O)(OC[C@H]2O[C@@H](n3cc(/C=C/Br)c(=O)[nH]c3=O)CC2O)Oc2ccc(C(F)(F)F)cc2)CCCC1. The van der Waals surface area contributed by atoms with Crippen molar-refractivity contribution in [1.82, 2.24) is 14.6 Å². The van der Waals surface area contributed by atoms with Crippen LogP contribution < -0.4 is 20.9 Å². The third kappa shape index (κ3) is 8.74. The summed E-state index contributed by atoms with van der Waals surface area (Å²) >= 11 is 3.07. The Balaban J connectivity index is 1.57. The highest BCUT2D eigenvalue weighted by Crippen LogP contribution is 2.50. The fourth-order valence-corrected chi connectivity index (χ4v) is 7.11. The lowest BCUT2D eigenvalue weighted by Crippen LogP contribution is -2.50. The number of hydrogen-bond acceptors (Lipinski definition) is 9. The quantitative estimate of drug-likeness (QED) is 0.146. The van der Waals surface area contributed by atoms with Gasteiger partial charge in [0.05, 0.1) is 30.4 Å². The Morgan fingerprint density at radius 1 is 1.27 bits per heavy atom. The van der Waals surface area contributed by atoms with Crippen molar-refractivity contribution in [3.05, 3.63) is 67.4 Å².